The summed E-state index contributed by atoms with van der Waals surface area (Å²) in [4.78, 5) is 40.8. The average molecular weight is 462 g/mol. The van der Waals surface area contributed by atoms with E-state index in [1.54, 1.807) is 36.4 Å². The molecule has 2 aliphatic heterocycles. The molecule has 2 aromatic carbocycles. The Morgan fingerprint density at radius 3 is 2.76 bits per heavy atom. The smallest absolute Gasteiger partial charge is 0.274 e. The maximum atomic E-state index is 12.5. The number of fused-ring (bicyclic) bond motifs is 1. The van der Waals surface area contributed by atoms with Gasteiger partial charge in [0.1, 0.15) is 12.3 Å². The first-order valence-electron chi connectivity index (χ1n) is 10.3. The Morgan fingerprint density at radius 1 is 1.09 bits per heavy atom. The third-order valence-corrected chi connectivity index (χ3v) is 5.17. The maximum absolute atomic E-state index is 12.5. The van der Waals surface area contributed by atoms with Gasteiger partial charge in [-0.2, -0.15) is 10.1 Å². The molecule has 12 heteroatoms. The van der Waals surface area contributed by atoms with Gasteiger partial charge in [0, 0.05) is 18.4 Å². The molecule has 12 nitrogen and oxygen atoms in total. The van der Waals surface area contributed by atoms with Gasteiger partial charge in [0.2, 0.25) is 24.4 Å². The van der Waals surface area contributed by atoms with Gasteiger partial charge in [-0.3, -0.25) is 14.4 Å². The zero-order valence-electron chi connectivity index (χ0n) is 17.7. The van der Waals surface area contributed by atoms with E-state index in [2.05, 4.69) is 20.6 Å². The second kappa shape index (κ2) is 8.65. The van der Waals surface area contributed by atoms with E-state index in [9.17, 15) is 14.4 Å². The Bertz CT molecular complexity index is 1330. The quantitative estimate of drug-likeness (QED) is 0.557. The van der Waals surface area contributed by atoms with Gasteiger partial charge in [-0.1, -0.05) is 17.3 Å². The van der Waals surface area contributed by atoms with Crippen LogP contribution in [0.2, 0.25) is 0 Å². The van der Waals surface area contributed by atoms with Crippen molar-refractivity contribution < 1.29 is 28.4 Å². The first-order valence-corrected chi connectivity index (χ1v) is 10.3. The summed E-state index contributed by atoms with van der Waals surface area (Å²) in [5, 5.41) is 11.8. The van der Waals surface area contributed by atoms with Crippen molar-refractivity contribution in [3.63, 3.8) is 0 Å². The van der Waals surface area contributed by atoms with E-state index in [0.717, 1.165) is 5.01 Å². The molecule has 172 valence electrons. The monoisotopic (exact) mass is 462 g/mol. The molecule has 2 aliphatic rings. The van der Waals surface area contributed by atoms with Crippen LogP contribution in [0.5, 0.6) is 11.5 Å². The molecule has 0 bridgehead atoms. The van der Waals surface area contributed by atoms with Crippen molar-refractivity contribution in [2.24, 2.45) is 10.8 Å². The Hall–Kier alpha value is -4.74. The number of benzene rings is 2. The number of hydrazone groups is 1. The molecule has 3 heterocycles. The Kier molecular flexibility index (Phi) is 5.38. The summed E-state index contributed by atoms with van der Waals surface area (Å²) in [5.74, 6) is 0.121. The molecule has 3 amide bonds. The minimum atomic E-state index is -0.681. The molecule has 3 aromatic rings. The average Bonchev–Trinajstić information content (AvgIpc) is 3.50. The number of amides is 3. The molecule has 0 spiro atoms. The first-order chi connectivity index (χ1) is 16.5. The van der Waals surface area contributed by atoms with Crippen LogP contribution in [0.25, 0.3) is 11.4 Å². The van der Waals surface area contributed by atoms with E-state index >= 15 is 0 Å². The summed E-state index contributed by atoms with van der Waals surface area (Å²) in [6.07, 6.45) is 0.399. The van der Waals surface area contributed by atoms with Gasteiger partial charge in [0.05, 0.1) is 11.3 Å². The molecular formula is C22H18N6O6. The van der Waals surface area contributed by atoms with Gasteiger partial charge in [-0.15, -0.1) is 0 Å². The highest BCUT2D eigenvalue weighted by Gasteiger charge is 2.27. The zero-order chi connectivity index (χ0) is 23.7. The largest absolute Gasteiger partial charge is 0.454 e. The summed E-state index contributed by atoms with van der Waals surface area (Å²) in [7, 11) is 0. The molecule has 1 aromatic heterocycles. The van der Waals surface area contributed by atoms with E-state index in [4.69, 9.17) is 19.7 Å². The van der Waals surface area contributed by atoms with Crippen molar-refractivity contribution in [3.05, 3.63) is 53.9 Å². The van der Waals surface area contributed by atoms with Crippen LogP contribution in [-0.4, -0.2) is 51.9 Å². The van der Waals surface area contributed by atoms with Crippen molar-refractivity contribution in [2.45, 2.75) is 12.8 Å². The van der Waals surface area contributed by atoms with Crippen LogP contribution in [0.3, 0.4) is 0 Å². The number of anilines is 1. The topological polar surface area (TPSA) is 162 Å². The number of para-hydroxylation sites is 1. The number of ether oxygens (including phenoxy) is 2. The van der Waals surface area contributed by atoms with E-state index < -0.39 is 11.8 Å². The number of nitrogens with one attached hydrogen (secondary N) is 1. The molecule has 0 radical (unpaired) electrons. The summed E-state index contributed by atoms with van der Waals surface area (Å²) in [6.45, 7) is -0.211. The predicted octanol–water partition coefficient (Wildman–Crippen LogP) is 1.53. The van der Waals surface area contributed by atoms with Crippen LogP contribution in [0.1, 0.15) is 29.1 Å². The van der Waals surface area contributed by atoms with E-state index in [1.807, 2.05) is 0 Å². The van der Waals surface area contributed by atoms with E-state index in [-0.39, 0.29) is 49.2 Å². The fourth-order valence-corrected chi connectivity index (χ4v) is 3.51. The fourth-order valence-electron chi connectivity index (χ4n) is 3.51. The van der Waals surface area contributed by atoms with Gasteiger partial charge in [-0.05, 0) is 30.3 Å². The van der Waals surface area contributed by atoms with E-state index in [0.29, 0.717) is 28.6 Å². The second-order valence-electron chi connectivity index (χ2n) is 7.45. The van der Waals surface area contributed by atoms with Gasteiger partial charge in [0.25, 0.3) is 11.8 Å². The van der Waals surface area contributed by atoms with Crippen LogP contribution in [0.4, 0.5) is 5.69 Å². The van der Waals surface area contributed by atoms with Crippen molar-refractivity contribution in [1.82, 2.24) is 15.1 Å². The highest BCUT2D eigenvalue weighted by molar-refractivity contribution is 6.05. The molecule has 0 unspecified atom stereocenters. The highest BCUT2D eigenvalue weighted by atomic mass is 16.7. The SMILES string of the molecule is NC(=O)c1ccccc1NC(=O)CN1N=C(c2nc(-c3ccc4c(c3)OCO4)no2)CCC1=O. The van der Waals surface area contributed by atoms with Crippen molar-refractivity contribution >= 4 is 29.1 Å². The molecule has 0 saturated carbocycles. The van der Waals surface area contributed by atoms with Crippen molar-refractivity contribution in [1.29, 1.82) is 0 Å². The predicted molar refractivity (Wildman–Crippen MR) is 117 cm³/mol. The molecule has 3 N–H and O–H groups in total. The molecular weight excluding hydrogens is 444 g/mol. The minimum absolute atomic E-state index is 0.117. The fraction of sp³-hybridized carbons (Fsp3) is 0.182. The Labute approximate surface area is 192 Å². The van der Waals surface area contributed by atoms with Crippen molar-refractivity contribution in [2.75, 3.05) is 18.7 Å². The second-order valence-corrected chi connectivity index (χ2v) is 7.45. The lowest BCUT2D eigenvalue weighted by molar-refractivity contribution is -0.135. The van der Waals surface area contributed by atoms with Crippen LogP contribution >= 0.6 is 0 Å². The lowest BCUT2D eigenvalue weighted by atomic mass is 10.1. The molecule has 0 saturated heterocycles. The number of nitrogens with two attached hydrogens (primary N) is 1. The van der Waals surface area contributed by atoms with E-state index in [1.165, 1.54) is 6.07 Å². The normalized spacial score (nSPS) is 14.6. The van der Waals surface area contributed by atoms with Crippen LogP contribution in [0, 0.1) is 0 Å². The van der Waals surface area contributed by atoms with Crippen molar-refractivity contribution in [3.8, 4) is 22.9 Å². The van der Waals surface area contributed by atoms with Crippen LogP contribution in [-0.2, 0) is 9.59 Å². The molecule has 34 heavy (non-hydrogen) atoms. The number of rotatable bonds is 6. The standard InChI is InChI=1S/C22H18N6O6/c23-20(31)13-3-1-2-4-14(13)24-18(29)10-28-19(30)8-6-15(26-28)22-25-21(27-34-22)12-5-7-16-17(9-12)33-11-32-16/h1-5,7,9H,6,8,10-11H2,(H2,23,31)(H,24,29). The summed E-state index contributed by atoms with van der Waals surface area (Å²) >= 11 is 0. The van der Waals surface area contributed by atoms with Gasteiger partial charge < -0.3 is 25.0 Å². The summed E-state index contributed by atoms with van der Waals surface area (Å²) in [5.41, 5.74) is 6.79. The Balaban J connectivity index is 1.32. The summed E-state index contributed by atoms with van der Waals surface area (Å²) < 4.78 is 16.0. The third-order valence-electron chi connectivity index (χ3n) is 5.17. The minimum Gasteiger partial charge on any atom is -0.454 e. The Morgan fingerprint density at radius 2 is 1.91 bits per heavy atom. The number of primary amides is 1. The van der Waals surface area contributed by atoms with Gasteiger partial charge in [0.15, 0.2) is 11.5 Å². The molecule has 0 atom stereocenters. The lowest BCUT2D eigenvalue weighted by Gasteiger charge is -2.22. The van der Waals surface area contributed by atoms with Gasteiger partial charge >= 0.3 is 0 Å². The van der Waals surface area contributed by atoms with Gasteiger partial charge in [-0.25, -0.2) is 5.01 Å². The zero-order valence-corrected chi connectivity index (χ0v) is 17.7. The number of hydrogen-bond donors (Lipinski definition) is 2. The number of nitrogens with zero attached hydrogens (tertiary/aromatic N) is 4. The molecule has 5 rings (SSSR count). The number of carbonyl (C=O) groups is 3. The van der Waals surface area contributed by atoms with Crippen LogP contribution in [0.15, 0.2) is 52.1 Å². The number of hydrogen-bond acceptors (Lipinski definition) is 9. The first kappa shape index (κ1) is 21.1. The maximum Gasteiger partial charge on any atom is 0.274 e. The third kappa shape index (κ3) is 4.16. The highest BCUT2D eigenvalue weighted by Crippen LogP contribution is 2.35. The number of carbonyl (C=O) groups excluding carboxylic acids is 3. The van der Waals surface area contributed by atoms with Crippen LogP contribution < -0.4 is 20.5 Å². The summed E-state index contributed by atoms with van der Waals surface area (Å²) in [6, 6.07) is 11.6. The lowest BCUT2D eigenvalue weighted by Crippen LogP contribution is -2.38. The number of aromatic nitrogens is 2. The molecule has 0 aliphatic carbocycles. The molecule has 0 fully saturated rings.